The highest BCUT2D eigenvalue weighted by atomic mass is 32.1. The van der Waals surface area contributed by atoms with E-state index in [0.29, 0.717) is 5.82 Å². The van der Waals surface area contributed by atoms with Crippen LogP contribution < -0.4 is 4.90 Å². The van der Waals surface area contributed by atoms with Gasteiger partial charge in [0.1, 0.15) is 0 Å². The molecule has 5 heteroatoms. The molecule has 4 nitrogen and oxygen atoms in total. The summed E-state index contributed by atoms with van der Waals surface area (Å²) >= 11 is 1.90. The van der Waals surface area contributed by atoms with Crippen LogP contribution in [0.4, 0.5) is 17.1 Å². The number of rotatable bonds is 7. The van der Waals surface area contributed by atoms with Gasteiger partial charge in [-0.1, -0.05) is 200 Å². The van der Waals surface area contributed by atoms with Crippen LogP contribution in [0.1, 0.15) is 0 Å². The van der Waals surface area contributed by atoms with E-state index in [1.54, 1.807) is 0 Å². The molecule has 3 aromatic heterocycles. The predicted octanol–water partition coefficient (Wildman–Crippen LogP) is 19.0. The molecule has 0 radical (unpaired) electrons. The summed E-state index contributed by atoms with van der Waals surface area (Å²) in [6.07, 6.45) is 0. The smallest absolute Gasteiger partial charge is 0.160 e. The lowest BCUT2D eigenvalue weighted by Crippen LogP contribution is -2.12. The number of thiophene rings is 1. The third-order valence-corrected chi connectivity index (χ3v) is 15.9. The van der Waals surface area contributed by atoms with Gasteiger partial charge in [0.2, 0.25) is 0 Å². The molecular weight excluding hydrogens is 905 g/mol. The van der Waals surface area contributed by atoms with Crippen molar-refractivity contribution in [3.05, 3.63) is 255 Å². The van der Waals surface area contributed by atoms with Gasteiger partial charge in [-0.3, -0.25) is 0 Å². The Hall–Kier alpha value is -9.42. The number of fused-ring (bicyclic) bond motifs is 14. The maximum Gasteiger partial charge on any atom is 0.160 e. The predicted molar refractivity (Wildman–Crippen MR) is 310 cm³/mol. The van der Waals surface area contributed by atoms with Crippen molar-refractivity contribution in [1.82, 2.24) is 14.5 Å². The maximum atomic E-state index is 5.22. The van der Waals surface area contributed by atoms with Crippen molar-refractivity contribution in [2.45, 2.75) is 0 Å². The summed E-state index contributed by atoms with van der Waals surface area (Å²) in [6.45, 7) is 0. The molecule has 0 atom stereocenters. The van der Waals surface area contributed by atoms with Gasteiger partial charge in [0, 0.05) is 59.7 Å². The van der Waals surface area contributed by atoms with Gasteiger partial charge in [0.25, 0.3) is 0 Å². The van der Waals surface area contributed by atoms with Crippen molar-refractivity contribution >= 4 is 113 Å². The molecule has 12 aromatic carbocycles. The summed E-state index contributed by atoms with van der Waals surface area (Å²) in [5.41, 5.74) is 11.5. The van der Waals surface area contributed by atoms with Gasteiger partial charge in [0.05, 0.1) is 38.5 Å². The first kappa shape index (κ1) is 41.4. The van der Waals surface area contributed by atoms with Gasteiger partial charge in [-0.2, -0.15) is 0 Å². The molecule has 0 unspecified atom stereocenters. The van der Waals surface area contributed by atoms with Crippen molar-refractivity contribution in [1.29, 1.82) is 0 Å². The van der Waals surface area contributed by atoms with Gasteiger partial charge in [0.15, 0.2) is 5.82 Å². The number of hydrogen-bond donors (Lipinski definition) is 0. The summed E-state index contributed by atoms with van der Waals surface area (Å²) in [5.74, 6) is 0.698. The van der Waals surface area contributed by atoms with Gasteiger partial charge in [-0.25, -0.2) is 9.97 Å². The van der Waals surface area contributed by atoms with E-state index < -0.39 is 0 Å². The number of para-hydroxylation sites is 2. The van der Waals surface area contributed by atoms with Crippen LogP contribution >= 0.6 is 11.3 Å². The van der Waals surface area contributed by atoms with Gasteiger partial charge in [-0.15, -0.1) is 11.3 Å². The maximum absolute atomic E-state index is 5.22. The first-order valence-corrected chi connectivity index (χ1v) is 25.6. The molecule has 340 valence electrons. The molecule has 0 bridgehead atoms. The van der Waals surface area contributed by atoms with E-state index in [-0.39, 0.29) is 0 Å². The van der Waals surface area contributed by atoms with Crippen molar-refractivity contribution in [3.63, 3.8) is 0 Å². The van der Waals surface area contributed by atoms with Crippen LogP contribution in [0.3, 0.4) is 0 Å². The molecule has 3 heterocycles. The topological polar surface area (TPSA) is 34.0 Å². The molecule has 0 N–H and O–H groups in total. The van der Waals surface area contributed by atoms with Crippen LogP contribution in [0.5, 0.6) is 0 Å². The fraction of sp³-hybridized carbons (Fsp3) is 0. The summed E-state index contributed by atoms with van der Waals surface area (Å²) in [7, 11) is 0. The van der Waals surface area contributed by atoms with E-state index in [4.69, 9.17) is 9.97 Å². The Balaban J connectivity index is 1.02. The highest BCUT2D eigenvalue weighted by molar-refractivity contribution is 7.26. The second-order valence-corrected chi connectivity index (χ2v) is 19.9. The molecule has 0 aliphatic rings. The van der Waals surface area contributed by atoms with Crippen LogP contribution in [0.2, 0.25) is 0 Å². The molecule has 0 fully saturated rings. The molecule has 0 saturated carbocycles. The summed E-state index contributed by atoms with van der Waals surface area (Å²) < 4.78 is 5.07. The highest BCUT2D eigenvalue weighted by Crippen LogP contribution is 2.50. The van der Waals surface area contributed by atoms with E-state index >= 15 is 0 Å². The fourth-order valence-electron chi connectivity index (χ4n) is 11.4. The first-order chi connectivity index (χ1) is 36.2. The molecule has 0 amide bonds. The number of aromatic nitrogens is 3. The molecule has 0 spiro atoms. The van der Waals surface area contributed by atoms with E-state index in [0.717, 1.165) is 56.3 Å². The molecule has 0 aliphatic carbocycles. The minimum Gasteiger partial charge on any atom is -0.308 e. The Kier molecular flexibility index (Phi) is 9.41. The Morgan fingerprint density at radius 2 is 0.836 bits per heavy atom. The fourth-order valence-corrected chi connectivity index (χ4v) is 12.7. The van der Waals surface area contributed by atoms with Crippen LogP contribution in [-0.4, -0.2) is 14.5 Å². The highest BCUT2D eigenvalue weighted by Gasteiger charge is 2.25. The molecule has 15 aromatic rings. The summed E-state index contributed by atoms with van der Waals surface area (Å²) in [4.78, 5) is 12.8. The lowest BCUT2D eigenvalue weighted by atomic mass is 9.93. The van der Waals surface area contributed by atoms with Gasteiger partial charge < -0.3 is 9.47 Å². The third-order valence-electron chi connectivity index (χ3n) is 14.7. The average molecular weight is 947 g/mol. The molecule has 0 aliphatic heterocycles. The SMILES string of the molecule is c1ccc(-c2cc(-c3ccc(-n4c5c(N(c6ccccc6)c6cccc7ccccc67)cccc5c5ccc6c7cc8c9ccccc9c9ccccc9c8cc7sc6c54)cc3)nc(-c3ccccc3)n2)cc1. The number of benzene rings is 12. The third kappa shape index (κ3) is 6.60. The van der Waals surface area contributed by atoms with E-state index in [1.807, 2.05) is 35.6 Å². The Morgan fingerprint density at radius 3 is 1.53 bits per heavy atom. The van der Waals surface area contributed by atoms with Crippen LogP contribution in [0, 0.1) is 0 Å². The zero-order valence-corrected chi connectivity index (χ0v) is 40.3. The lowest BCUT2D eigenvalue weighted by molar-refractivity contribution is 1.17. The number of hydrogen-bond acceptors (Lipinski definition) is 4. The van der Waals surface area contributed by atoms with Gasteiger partial charge in [-0.05, 0) is 92.3 Å². The standard InChI is InChI=1S/C68H42N4S/c1-4-19-44(20-5-1)60-42-61(70-68(69-60)46-21-6-2-7-22-46)45-34-36-48(37-35-45)72-65-54(31-17-33-63(65)71(47-24-8-3-9-25-47)62-32-16-23-43-18-10-11-26-49(43)62)55-38-39-56-59-40-57-52-29-14-12-27-50(52)51-28-13-15-30-53(51)58(57)41-64(59)73-67(56)66(55)72/h1-42H. The second kappa shape index (κ2) is 16.6. The normalized spacial score (nSPS) is 11.8. The molecule has 0 saturated heterocycles. The minimum absolute atomic E-state index is 0.698. The quantitative estimate of drug-likeness (QED) is 0.149. The first-order valence-electron chi connectivity index (χ1n) is 24.8. The Morgan fingerprint density at radius 1 is 0.329 bits per heavy atom. The van der Waals surface area contributed by atoms with Crippen molar-refractivity contribution in [3.8, 4) is 39.6 Å². The average Bonchev–Trinajstić information content (AvgIpc) is 4.05. The zero-order valence-electron chi connectivity index (χ0n) is 39.4. The summed E-state index contributed by atoms with van der Waals surface area (Å²) in [5, 5.41) is 15.0. The van der Waals surface area contributed by atoms with E-state index in [9.17, 15) is 0 Å². The van der Waals surface area contributed by atoms with Crippen LogP contribution in [0.15, 0.2) is 255 Å². The second-order valence-electron chi connectivity index (χ2n) is 18.8. The van der Waals surface area contributed by atoms with Gasteiger partial charge >= 0.3 is 0 Å². The Bertz CT molecular complexity index is 4590. The largest absolute Gasteiger partial charge is 0.308 e. The zero-order chi connectivity index (χ0) is 48.0. The Labute approximate surface area is 424 Å². The van der Waals surface area contributed by atoms with Crippen LogP contribution in [0.25, 0.3) is 125 Å². The molecule has 73 heavy (non-hydrogen) atoms. The van der Waals surface area contributed by atoms with Crippen molar-refractivity contribution in [2.24, 2.45) is 0 Å². The molecular formula is C68H42N4S. The van der Waals surface area contributed by atoms with E-state index in [2.05, 4.69) is 240 Å². The monoisotopic (exact) mass is 946 g/mol. The van der Waals surface area contributed by atoms with E-state index in [1.165, 1.54) is 79.6 Å². The van der Waals surface area contributed by atoms with Crippen LogP contribution in [-0.2, 0) is 0 Å². The minimum atomic E-state index is 0.698. The van der Waals surface area contributed by atoms with Crippen molar-refractivity contribution < 1.29 is 0 Å². The van der Waals surface area contributed by atoms with Crippen molar-refractivity contribution in [2.75, 3.05) is 4.90 Å². The number of nitrogens with zero attached hydrogens (tertiary/aromatic N) is 4. The lowest BCUT2D eigenvalue weighted by Gasteiger charge is -2.28. The molecule has 15 rings (SSSR count). The number of anilines is 3. The summed E-state index contributed by atoms with van der Waals surface area (Å²) in [6, 6.07) is 92.2.